The van der Waals surface area contributed by atoms with Gasteiger partial charge in [0.15, 0.2) is 0 Å². The number of hydrogen-bond acceptors (Lipinski definition) is 5. The average molecular weight is 429 g/mol. The first-order chi connectivity index (χ1) is 14.4. The molecule has 0 saturated carbocycles. The number of nitrogens with one attached hydrogen (secondary N) is 2. The third-order valence-electron chi connectivity index (χ3n) is 5.24. The van der Waals surface area contributed by atoms with Crippen molar-refractivity contribution in [2.45, 2.75) is 32.9 Å². The second-order valence-corrected chi connectivity index (χ2v) is 9.10. The molecule has 1 saturated heterocycles. The van der Waals surface area contributed by atoms with Gasteiger partial charge in [0.25, 0.3) is 0 Å². The molecular weight excluding hydrogens is 396 g/mol. The molecule has 0 radical (unpaired) electrons. The van der Waals surface area contributed by atoms with Crippen LogP contribution in [-0.2, 0) is 9.59 Å². The largest absolute Gasteiger partial charge is 0.353 e. The molecule has 0 aliphatic carbocycles. The topological polar surface area (TPSA) is 64.7 Å². The van der Waals surface area contributed by atoms with Crippen LogP contribution in [0.2, 0.25) is 0 Å². The quantitative estimate of drug-likeness (QED) is 0.678. The SMILES string of the molecule is Cc1ccc([C@H](NCC(=O)N2CCN(CC(=O)NC(C)C)CC2)c2cccs2)cc1. The Morgan fingerprint density at radius 3 is 2.37 bits per heavy atom. The van der Waals surface area contributed by atoms with E-state index in [1.807, 2.05) is 24.8 Å². The van der Waals surface area contributed by atoms with Gasteiger partial charge in [0.2, 0.25) is 11.8 Å². The molecule has 3 rings (SSSR count). The molecule has 2 heterocycles. The number of aryl methyl sites for hydroxylation is 1. The Balaban J connectivity index is 1.51. The minimum absolute atomic E-state index is 0.00979. The smallest absolute Gasteiger partial charge is 0.236 e. The van der Waals surface area contributed by atoms with E-state index in [2.05, 4.69) is 58.2 Å². The van der Waals surface area contributed by atoms with Crippen LogP contribution in [0.3, 0.4) is 0 Å². The fourth-order valence-electron chi connectivity index (χ4n) is 3.62. The Kier molecular flexibility index (Phi) is 8.01. The Labute approximate surface area is 183 Å². The zero-order chi connectivity index (χ0) is 21.5. The van der Waals surface area contributed by atoms with Crippen molar-refractivity contribution in [2.24, 2.45) is 0 Å². The predicted molar refractivity (Wildman–Crippen MR) is 122 cm³/mol. The van der Waals surface area contributed by atoms with E-state index in [0.29, 0.717) is 26.2 Å². The van der Waals surface area contributed by atoms with E-state index in [-0.39, 0.29) is 23.9 Å². The Hall–Kier alpha value is -2.22. The number of carbonyl (C=O) groups excluding carboxylic acids is 2. The highest BCUT2D eigenvalue weighted by Gasteiger charge is 2.24. The van der Waals surface area contributed by atoms with Gasteiger partial charge in [-0.15, -0.1) is 11.3 Å². The molecule has 0 bridgehead atoms. The molecule has 0 unspecified atom stereocenters. The van der Waals surface area contributed by atoms with E-state index in [0.717, 1.165) is 18.7 Å². The summed E-state index contributed by atoms with van der Waals surface area (Å²) in [4.78, 5) is 29.9. The monoisotopic (exact) mass is 428 g/mol. The van der Waals surface area contributed by atoms with Gasteiger partial charge in [0.1, 0.15) is 0 Å². The van der Waals surface area contributed by atoms with Crippen molar-refractivity contribution in [1.29, 1.82) is 0 Å². The van der Waals surface area contributed by atoms with Crippen molar-refractivity contribution in [3.63, 3.8) is 0 Å². The number of carbonyl (C=O) groups is 2. The van der Waals surface area contributed by atoms with E-state index in [9.17, 15) is 9.59 Å². The summed E-state index contributed by atoms with van der Waals surface area (Å²) < 4.78 is 0. The van der Waals surface area contributed by atoms with Gasteiger partial charge in [-0.25, -0.2) is 0 Å². The Bertz CT molecular complexity index is 812. The van der Waals surface area contributed by atoms with E-state index in [1.54, 1.807) is 11.3 Å². The molecule has 6 nitrogen and oxygen atoms in total. The maximum atomic E-state index is 12.8. The van der Waals surface area contributed by atoms with Crippen LogP contribution in [0.5, 0.6) is 0 Å². The molecule has 1 fully saturated rings. The molecular formula is C23H32N4O2S. The van der Waals surface area contributed by atoms with Gasteiger partial charge in [0.05, 0.1) is 19.1 Å². The average Bonchev–Trinajstić information content (AvgIpc) is 3.23. The Morgan fingerprint density at radius 1 is 1.07 bits per heavy atom. The summed E-state index contributed by atoms with van der Waals surface area (Å²) in [7, 11) is 0. The third kappa shape index (κ3) is 6.39. The fourth-order valence-corrected chi connectivity index (χ4v) is 4.45. The van der Waals surface area contributed by atoms with Gasteiger partial charge in [-0.05, 0) is 37.8 Å². The molecule has 0 spiro atoms. The van der Waals surface area contributed by atoms with Crippen LogP contribution in [0.4, 0.5) is 0 Å². The van der Waals surface area contributed by atoms with Crippen molar-refractivity contribution < 1.29 is 9.59 Å². The normalized spacial score (nSPS) is 15.9. The predicted octanol–water partition coefficient (Wildman–Crippen LogP) is 2.40. The summed E-state index contributed by atoms with van der Waals surface area (Å²) >= 11 is 1.70. The van der Waals surface area contributed by atoms with Crippen LogP contribution in [0.25, 0.3) is 0 Å². The fraction of sp³-hybridized carbons (Fsp3) is 0.478. The molecule has 7 heteroatoms. The highest BCUT2D eigenvalue weighted by molar-refractivity contribution is 7.10. The first kappa shape index (κ1) is 22.5. The van der Waals surface area contributed by atoms with Crippen molar-refractivity contribution in [2.75, 3.05) is 39.3 Å². The van der Waals surface area contributed by atoms with Gasteiger partial charge in [0, 0.05) is 37.1 Å². The molecule has 30 heavy (non-hydrogen) atoms. The summed E-state index contributed by atoms with van der Waals surface area (Å²) in [6, 6.07) is 12.8. The van der Waals surface area contributed by atoms with E-state index in [4.69, 9.17) is 0 Å². The number of thiophene rings is 1. The first-order valence-corrected chi connectivity index (χ1v) is 11.4. The number of rotatable bonds is 8. The molecule has 162 valence electrons. The number of amides is 2. The zero-order valence-electron chi connectivity index (χ0n) is 18.1. The van der Waals surface area contributed by atoms with E-state index < -0.39 is 0 Å². The standard InChI is InChI=1S/C23H32N4O2S/c1-17(2)25-21(28)16-26-10-12-27(13-11-26)22(29)15-24-23(20-5-4-14-30-20)19-8-6-18(3)7-9-19/h4-9,14,17,23-24H,10-13,15-16H2,1-3H3,(H,25,28)/t23-/m0/s1. The van der Waals surface area contributed by atoms with Crippen LogP contribution in [-0.4, -0.2) is 66.9 Å². The second kappa shape index (κ2) is 10.7. The highest BCUT2D eigenvalue weighted by atomic mass is 32.1. The number of piperazine rings is 1. The van der Waals surface area contributed by atoms with Crippen molar-refractivity contribution in [3.05, 3.63) is 57.8 Å². The molecule has 2 aromatic rings. The van der Waals surface area contributed by atoms with Crippen LogP contribution < -0.4 is 10.6 Å². The molecule has 1 aromatic carbocycles. The first-order valence-electron chi connectivity index (χ1n) is 10.5. The van der Waals surface area contributed by atoms with Gasteiger partial charge < -0.3 is 10.2 Å². The van der Waals surface area contributed by atoms with Crippen molar-refractivity contribution >= 4 is 23.2 Å². The minimum atomic E-state index is 0.00979. The summed E-state index contributed by atoms with van der Waals surface area (Å²) in [6.45, 7) is 9.45. The molecule has 2 N–H and O–H groups in total. The molecule has 1 aliphatic rings. The molecule has 1 atom stereocenters. The highest BCUT2D eigenvalue weighted by Crippen LogP contribution is 2.26. The van der Waals surface area contributed by atoms with Gasteiger partial charge in [-0.3, -0.25) is 19.8 Å². The van der Waals surface area contributed by atoms with Crippen LogP contribution in [0.15, 0.2) is 41.8 Å². The summed E-state index contributed by atoms with van der Waals surface area (Å²) in [5.74, 6) is 0.151. The maximum absolute atomic E-state index is 12.8. The number of hydrogen-bond donors (Lipinski definition) is 2. The lowest BCUT2D eigenvalue weighted by atomic mass is 10.0. The van der Waals surface area contributed by atoms with Crippen molar-refractivity contribution in [3.8, 4) is 0 Å². The third-order valence-corrected chi connectivity index (χ3v) is 6.17. The molecule has 2 amide bonds. The zero-order valence-corrected chi connectivity index (χ0v) is 18.9. The van der Waals surface area contributed by atoms with Gasteiger partial charge >= 0.3 is 0 Å². The van der Waals surface area contributed by atoms with E-state index in [1.165, 1.54) is 10.4 Å². The van der Waals surface area contributed by atoms with Crippen LogP contribution in [0, 0.1) is 6.92 Å². The lowest BCUT2D eigenvalue weighted by Crippen LogP contribution is -2.53. The maximum Gasteiger partial charge on any atom is 0.236 e. The number of nitrogens with zero attached hydrogens (tertiary/aromatic N) is 2. The molecule has 1 aromatic heterocycles. The summed E-state index contributed by atoms with van der Waals surface area (Å²) in [5.41, 5.74) is 2.39. The number of benzene rings is 1. The Morgan fingerprint density at radius 2 is 1.77 bits per heavy atom. The summed E-state index contributed by atoms with van der Waals surface area (Å²) in [5, 5.41) is 8.44. The lowest BCUT2D eigenvalue weighted by Gasteiger charge is -2.34. The van der Waals surface area contributed by atoms with E-state index >= 15 is 0 Å². The minimum Gasteiger partial charge on any atom is -0.353 e. The second-order valence-electron chi connectivity index (χ2n) is 8.12. The van der Waals surface area contributed by atoms with Gasteiger partial charge in [-0.2, -0.15) is 0 Å². The van der Waals surface area contributed by atoms with Crippen LogP contribution >= 0.6 is 11.3 Å². The lowest BCUT2D eigenvalue weighted by molar-refractivity contribution is -0.132. The van der Waals surface area contributed by atoms with Crippen molar-refractivity contribution in [1.82, 2.24) is 20.4 Å². The summed E-state index contributed by atoms with van der Waals surface area (Å²) in [6.07, 6.45) is 0. The van der Waals surface area contributed by atoms with Crippen LogP contribution in [0.1, 0.15) is 35.9 Å². The molecule has 1 aliphatic heterocycles. The van der Waals surface area contributed by atoms with Gasteiger partial charge in [-0.1, -0.05) is 35.9 Å².